The highest BCUT2D eigenvalue weighted by molar-refractivity contribution is 5.76. The number of amides is 1. The number of carbonyl (C=O) groups is 1. The molecule has 0 fully saturated rings. The Balaban J connectivity index is 3.46. The molecule has 0 aromatic rings. The first kappa shape index (κ1) is 11.2. The number of hydrogen-bond acceptors (Lipinski definition) is 2. The zero-order valence-corrected chi connectivity index (χ0v) is 7.68. The summed E-state index contributed by atoms with van der Waals surface area (Å²) in [4.78, 5) is 11.0. The standard InChI is InChI=1S/C9H18N2O/c1-3-5-8(10)7-9(12)11-6-4-2/h4,8H,2-3,5-7,10H2,1H3,(H,11,12). The van der Waals surface area contributed by atoms with Gasteiger partial charge >= 0.3 is 0 Å². The molecular weight excluding hydrogens is 152 g/mol. The van der Waals surface area contributed by atoms with E-state index in [-0.39, 0.29) is 11.9 Å². The molecule has 0 radical (unpaired) electrons. The van der Waals surface area contributed by atoms with Crippen molar-refractivity contribution in [1.82, 2.24) is 5.32 Å². The summed E-state index contributed by atoms with van der Waals surface area (Å²) in [5.74, 6) is 0.0100. The van der Waals surface area contributed by atoms with Crippen molar-refractivity contribution in [1.29, 1.82) is 0 Å². The highest BCUT2D eigenvalue weighted by Gasteiger charge is 2.06. The highest BCUT2D eigenvalue weighted by Crippen LogP contribution is 1.97. The Kier molecular flexibility index (Phi) is 6.38. The molecule has 1 atom stereocenters. The predicted octanol–water partition coefficient (Wildman–Crippen LogP) is 0.806. The van der Waals surface area contributed by atoms with E-state index in [9.17, 15) is 4.79 Å². The lowest BCUT2D eigenvalue weighted by Gasteiger charge is -2.08. The molecule has 3 heteroatoms. The van der Waals surface area contributed by atoms with Crippen LogP contribution >= 0.6 is 0 Å². The largest absolute Gasteiger partial charge is 0.353 e. The molecule has 0 rings (SSSR count). The number of rotatable bonds is 6. The topological polar surface area (TPSA) is 55.1 Å². The van der Waals surface area contributed by atoms with Crippen LogP contribution in [0.25, 0.3) is 0 Å². The molecule has 3 nitrogen and oxygen atoms in total. The SMILES string of the molecule is C=CCNC(=O)CC(N)CCC. The van der Waals surface area contributed by atoms with Crippen molar-refractivity contribution in [2.24, 2.45) is 5.73 Å². The van der Waals surface area contributed by atoms with E-state index in [2.05, 4.69) is 18.8 Å². The summed E-state index contributed by atoms with van der Waals surface area (Å²) < 4.78 is 0. The van der Waals surface area contributed by atoms with Crippen molar-refractivity contribution >= 4 is 5.91 Å². The quantitative estimate of drug-likeness (QED) is 0.579. The zero-order chi connectivity index (χ0) is 9.40. The minimum Gasteiger partial charge on any atom is -0.353 e. The minimum absolute atomic E-state index is 0.000171. The van der Waals surface area contributed by atoms with Crippen molar-refractivity contribution in [3.63, 3.8) is 0 Å². The van der Waals surface area contributed by atoms with Gasteiger partial charge in [0.25, 0.3) is 0 Å². The summed E-state index contributed by atoms with van der Waals surface area (Å²) >= 11 is 0. The molecule has 0 aromatic carbocycles. The molecule has 0 bridgehead atoms. The Hall–Kier alpha value is -0.830. The molecule has 70 valence electrons. The third-order valence-corrected chi connectivity index (χ3v) is 1.55. The zero-order valence-electron chi connectivity index (χ0n) is 7.68. The van der Waals surface area contributed by atoms with Crippen molar-refractivity contribution in [3.8, 4) is 0 Å². The van der Waals surface area contributed by atoms with Gasteiger partial charge in [0.2, 0.25) is 5.91 Å². The highest BCUT2D eigenvalue weighted by atomic mass is 16.1. The van der Waals surface area contributed by atoms with Crippen LogP contribution in [0.4, 0.5) is 0 Å². The molecule has 3 N–H and O–H groups in total. The van der Waals surface area contributed by atoms with Crippen LogP contribution in [0.3, 0.4) is 0 Å². The summed E-state index contributed by atoms with van der Waals surface area (Å²) in [6, 6.07) is -0.000171. The number of nitrogens with two attached hydrogens (primary N) is 1. The van der Waals surface area contributed by atoms with E-state index in [0.29, 0.717) is 13.0 Å². The molecule has 0 saturated heterocycles. The van der Waals surface area contributed by atoms with Gasteiger partial charge in [-0.15, -0.1) is 6.58 Å². The van der Waals surface area contributed by atoms with E-state index < -0.39 is 0 Å². The van der Waals surface area contributed by atoms with Crippen molar-refractivity contribution in [2.75, 3.05) is 6.54 Å². The van der Waals surface area contributed by atoms with Crippen LogP contribution in [0, 0.1) is 0 Å². The number of carbonyl (C=O) groups excluding carboxylic acids is 1. The number of nitrogens with one attached hydrogen (secondary N) is 1. The number of hydrogen-bond donors (Lipinski definition) is 2. The first-order valence-electron chi connectivity index (χ1n) is 4.33. The van der Waals surface area contributed by atoms with E-state index in [4.69, 9.17) is 5.73 Å². The third-order valence-electron chi connectivity index (χ3n) is 1.55. The van der Waals surface area contributed by atoms with Crippen molar-refractivity contribution < 1.29 is 4.79 Å². The summed E-state index contributed by atoms with van der Waals surface area (Å²) in [6.45, 7) is 6.08. The maximum Gasteiger partial charge on any atom is 0.221 e. The average Bonchev–Trinajstić information content (AvgIpc) is 2.01. The lowest BCUT2D eigenvalue weighted by molar-refractivity contribution is -0.121. The molecule has 12 heavy (non-hydrogen) atoms. The average molecular weight is 170 g/mol. The summed E-state index contributed by atoms with van der Waals surface area (Å²) in [5, 5.41) is 2.68. The van der Waals surface area contributed by atoms with E-state index in [1.54, 1.807) is 6.08 Å². The van der Waals surface area contributed by atoms with Crippen LogP contribution in [0.15, 0.2) is 12.7 Å². The maximum absolute atomic E-state index is 11.0. The van der Waals surface area contributed by atoms with Gasteiger partial charge in [-0.25, -0.2) is 0 Å². The van der Waals surface area contributed by atoms with Crippen LogP contribution in [-0.2, 0) is 4.79 Å². The normalized spacial score (nSPS) is 12.2. The van der Waals surface area contributed by atoms with E-state index in [1.807, 2.05) is 0 Å². The molecule has 1 amide bonds. The molecule has 1 unspecified atom stereocenters. The van der Waals surface area contributed by atoms with E-state index >= 15 is 0 Å². The molecule has 0 aliphatic rings. The van der Waals surface area contributed by atoms with Crippen LogP contribution in [-0.4, -0.2) is 18.5 Å². The van der Waals surface area contributed by atoms with Gasteiger partial charge in [-0.05, 0) is 6.42 Å². The smallest absolute Gasteiger partial charge is 0.221 e. The monoisotopic (exact) mass is 170 g/mol. The second-order valence-corrected chi connectivity index (χ2v) is 2.85. The Morgan fingerprint density at radius 2 is 2.42 bits per heavy atom. The van der Waals surface area contributed by atoms with Gasteiger partial charge in [0.1, 0.15) is 0 Å². The Morgan fingerprint density at radius 1 is 1.75 bits per heavy atom. The van der Waals surface area contributed by atoms with Crippen molar-refractivity contribution in [2.45, 2.75) is 32.2 Å². The predicted molar refractivity (Wildman–Crippen MR) is 50.7 cm³/mol. The Bertz CT molecular complexity index is 145. The summed E-state index contributed by atoms with van der Waals surface area (Å²) in [6.07, 6.45) is 4.00. The van der Waals surface area contributed by atoms with Crippen LogP contribution in [0.1, 0.15) is 26.2 Å². The second-order valence-electron chi connectivity index (χ2n) is 2.85. The molecular formula is C9H18N2O. The van der Waals surface area contributed by atoms with Gasteiger partial charge in [0.15, 0.2) is 0 Å². The van der Waals surface area contributed by atoms with Gasteiger partial charge in [0.05, 0.1) is 0 Å². The van der Waals surface area contributed by atoms with Crippen LogP contribution in [0.5, 0.6) is 0 Å². The van der Waals surface area contributed by atoms with Crippen LogP contribution < -0.4 is 11.1 Å². The fourth-order valence-electron chi connectivity index (χ4n) is 0.969. The van der Waals surface area contributed by atoms with Crippen molar-refractivity contribution in [3.05, 3.63) is 12.7 Å². The van der Waals surface area contributed by atoms with Gasteiger partial charge in [-0.2, -0.15) is 0 Å². The molecule has 0 spiro atoms. The lowest BCUT2D eigenvalue weighted by atomic mass is 10.1. The summed E-state index contributed by atoms with van der Waals surface area (Å²) in [5.41, 5.74) is 5.67. The molecule has 0 heterocycles. The van der Waals surface area contributed by atoms with E-state index in [0.717, 1.165) is 12.8 Å². The fraction of sp³-hybridized carbons (Fsp3) is 0.667. The van der Waals surface area contributed by atoms with Gasteiger partial charge in [0, 0.05) is 19.0 Å². The first-order valence-corrected chi connectivity index (χ1v) is 4.33. The summed E-state index contributed by atoms with van der Waals surface area (Å²) in [7, 11) is 0. The lowest BCUT2D eigenvalue weighted by Crippen LogP contribution is -2.31. The Morgan fingerprint density at radius 3 is 2.92 bits per heavy atom. The second kappa shape index (κ2) is 6.85. The van der Waals surface area contributed by atoms with Gasteiger partial charge in [-0.1, -0.05) is 19.4 Å². The Labute approximate surface area is 74.0 Å². The third kappa shape index (κ3) is 5.92. The molecule has 0 saturated carbocycles. The minimum atomic E-state index is -0.000171. The first-order chi connectivity index (χ1) is 5.70. The molecule has 0 aliphatic carbocycles. The van der Waals surface area contributed by atoms with E-state index in [1.165, 1.54) is 0 Å². The fourth-order valence-corrected chi connectivity index (χ4v) is 0.969. The maximum atomic E-state index is 11.0. The van der Waals surface area contributed by atoms with Gasteiger partial charge < -0.3 is 11.1 Å². The molecule has 0 aromatic heterocycles. The van der Waals surface area contributed by atoms with Gasteiger partial charge in [-0.3, -0.25) is 4.79 Å². The molecule has 0 aliphatic heterocycles. The van der Waals surface area contributed by atoms with Crippen LogP contribution in [0.2, 0.25) is 0 Å².